The normalized spacial score (nSPS) is 10.9. The molecule has 0 aliphatic rings. The molecule has 10 heteroatoms. The molecule has 0 aliphatic carbocycles. The summed E-state index contributed by atoms with van der Waals surface area (Å²) in [6.07, 6.45) is 2.25. The molecule has 0 aliphatic heterocycles. The molecule has 1 aromatic heterocycles. The van der Waals surface area contributed by atoms with Gasteiger partial charge in [0.2, 0.25) is 5.91 Å². The van der Waals surface area contributed by atoms with Gasteiger partial charge in [0.25, 0.3) is 10.0 Å². The lowest BCUT2D eigenvalue weighted by Crippen LogP contribution is -2.38. The van der Waals surface area contributed by atoms with Gasteiger partial charge in [-0.15, -0.1) is 0 Å². The monoisotopic (exact) mass is 445 g/mol. The van der Waals surface area contributed by atoms with Crippen molar-refractivity contribution in [2.75, 3.05) is 30.4 Å². The number of hydrogen-bond acceptors (Lipinski definition) is 6. The summed E-state index contributed by atoms with van der Waals surface area (Å²) < 4.78 is 52.1. The zero-order valence-corrected chi connectivity index (χ0v) is 17.6. The van der Waals surface area contributed by atoms with Gasteiger partial charge in [-0.05, 0) is 30.3 Å². The van der Waals surface area contributed by atoms with E-state index < -0.39 is 28.3 Å². The highest BCUT2D eigenvalue weighted by atomic mass is 32.2. The maximum Gasteiger partial charge on any atom is 0.264 e. The molecule has 1 heterocycles. The van der Waals surface area contributed by atoms with Crippen LogP contribution < -0.4 is 19.1 Å². The molecule has 3 aromatic rings. The van der Waals surface area contributed by atoms with Crippen LogP contribution in [0.1, 0.15) is 0 Å². The van der Waals surface area contributed by atoms with Crippen LogP contribution in [0, 0.1) is 5.82 Å². The van der Waals surface area contributed by atoms with E-state index >= 15 is 0 Å². The number of aromatic nitrogens is 1. The van der Waals surface area contributed by atoms with Crippen molar-refractivity contribution in [1.82, 2.24) is 4.98 Å². The maximum absolute atomic E-state index is 13.9. The highest BCUT2D eigenvalue weighted by Gasteiger charge is 2.30. The predicted molar refractivity (Wildman–Crippen MR) is 113 cm³/mol. The molecule has 3 rings (SSSR count). The fourth-order valence-electron chi connectivity index (χ4n) is 2.81. The van der Waals surface area contributed by atoms with Gasteiger partial charge < -0.3 is 14.8 Å². The third-order valence-corrected chi connectivity index (χ3v) is 6.09. The second-order valence-electron chi connectivity index (χ2n) is 6.27. The Hall–Kier alpha value is -3.66. The fraction of sp³-hybridized carbons (Fsp3) is 0.143. The smallest absolute Gasteiger partial charge is 0.264 e. The van der Waals surface area contributed by atoms with E-state index in [4.69, 9.17) is 9.47 Å². The van der Waals surface area contributed by atoms with Gasteiger partial charge in [-0.3, -0.25) is 14.1 Å². The first-order chi connectivity index (χ1) is 14.9. The maximum atomic E-state index is 13.9. The predicted octanol–water partition coefficient (Wildman–Crippen LogP) is 3.07. The number of nitrogens with one attached hydrogen (secondary N) is 1. The average molecular weight is 445 g/mol. The van der Waals surface area contributed by atoms with E-state index in [9.17, 15) is 17.6 Å². The highest BCUT2D eigenvalue weighted by Crippen LogP contribution is 2.35. The summed E-state index contributed by atoms with van der Waals surface area (Å²) in [5.41, 5.74) is -0.0225. The molecule has 0 bridgehead atoms. The lowest BCUT2D eigenvalue weighted by atomic mass is 10.2. The van der Waals surface area contributed by atoms with Gasteiger partial charge >= 0.3 is 0 Å². The quantitative estimate of drug-likeness (QED) is 0.572. The van der Waals surface area contributed by atoms with Crippen LogP contribution in [-0.4, -0.2) is 40.1 Å². The Morgan fingerprint density at radius 3 is 2.48 bits per heavy atom. The van der Waals surface area contributed by atoms with E-state index in [1.807, 2.05) is 0 Å². The third-order valence-electron chi connectivity index (χ3n) is 4.32. The zero-order chi connectivity index (χ0) is 22.4. The first kappa shape index (κ1) is 22.0. The number of anilines is 2. The van der Waals surface area contributed by atoms with Crippen molar-refractivity contribution in [3.05, 3.63) is 72.8 Å². The molecule has 0 radical (unpaired) electrons. The van der Waals surface area contributed by atoms with Crippen molar-refractivity contribution in [2.24, 2.45) is 0 Å². The molecular formula is C21H20FN3O5S. The van der Waals surface area contributed by atoms with Gasteiger partial charge in [0, 0.05) is 12.3 Å². The summed E-state index contributed by atoms with van der Waals surface area (Å²) in [6.45, 7) is -0.636. The number of amides is 1. The minimum atomic E-state index is -4.18. The molecule has 0 atom stereocenters. The van der Waals surface area contributed by atoms with Gasteiger partial charge in [-0.25, -0.2) is 12.8 Å². The summed E-state index contributed by atoms with van der Waals surface area (Å²) in [5.74, 6) is -0.922. The van der Waals surface area contributed by atoms with Crippen LogP contribution in [0.25, 0.3) is 0 Å². The minimum absolute atomic E-state index is 0.0252. The second kappa shape index (κ2) is 9.43. The number of halogens is 1. The highest BCUT2D eigenvalue weighted by molar-refractivity contribution is 7.92. The summed E-state index contributed by atoms with van der Waals surface area (Å²) in [5, 5.41) is 2.37. The Morgan fingerprint density at radius 2 is 1.84 bits per heavy atom. The van der Waals surface area contributed by atoms with E-state index in [-0.39, 0.29) is 22.0 Å². The average Bonchev–Trinajstić information content (AvgIpc) is 2.79. The summed E-state index contributed by atoms with van der Waals surface area (Å²) in [7, 11) is -1.37. The Balaban J connectivity index is 2.05. The van der Waals surface area contributed by atoms with Gasteiger partial charge in [-0.1, -0.05) is 18.2 Å². The Morgan fingerprint density at radius 1 is 1.10 bits per heavy atom. The number of nitrogens with zero attached hydrogens (tertiary/aromatic N) is 2. The van der Waals surface area contributed by atoms with Gasteiger partial charge in [0.15, 0.2) is 5.82 Å². The molecule has 0 spiro atoms. The van der Waals surface area contributed by atoms with Crippen molar-refractivity contribution in [2.45, 2.75) is 4.90 Å². The van der Waals surface area contributed by atoms with Crippen molar-refractivity contribution in [1.29, 1.82) is 0 Å². The van der Waals surface area contributed by atoms with Gasteiger partial charge in [0.05, 0.1) is 36.7 Å². The van der Waals surface area contributed by atoms with Crippen LogP contribution in [0.4, 0.5) is 15.8 Å². The van der Waals surface area contributed by atoms with E-state index in [1.165, 1.54) is 50.7 Å². The lowest BCUT2D eigenvalue weighted by molar-refractivity contribution is -0.114. The van der Waals surface area contributed by atoms with Crippen LogP contribution in [0.15, 0.2) is 71.9 Å². The molecule has 0 unspecified atom stereocenters. The van der Waals surface area contributed by atoms with Crippen LogP contribution >= 0.6 is 0 Å². The number of methoxy groups -OCH3 is 2. The molecule has 0 saturated heterocycles. The number of sulfonamides is 1. The third kappa shape index (κ3) is 4.92. The fourth-order valence-corrected chi connectivity index (χ4v) is 4.25. The Labute approximate surface area is 179 Å². The number of pyridine rings is 1. The van der Waals surface area contributed by atoms with Gasteiger partial charge in [-0.2, -0.15) is 0 Å². The largest absolute Gasteiger partial charge is 0.497 e. The van der Waals surface area contributed by atoms with E-state index in [0.717, 1.165) is 10.5 Å². The van der Waals surface area contributed by atoms with Crippen LogP contribution in [0.3, 0.4) is 0 Å². The van der Waals surface area contributed by atoms with E-state index in [0.29, 0.717) is 5.75 Å². The molecule has 1 N–H and O–H groups in total. The Kier molecular flexibility index (Phi) is 6.71. The molecule has 0 fully saturated rings. The van der Waals surface area contributed by atoms with Crippen LogP contribution in [0.5, 0.6) is 11.5 Å². The number of ether oxygens (including phenoxy) is 2. The van der Waals surface area contributed by atoms with E-state index in [1.54, 1.807) is 24.3 Å². The molecule has 8 nitrogen and oxygen atoms in total. The second-order valence-corrected chi connectivity index (χ2v) is 8.13. The topological polar surface area (TPSA) is 97.8 Å². The molecular weight excluding hydrogens is 425 g/mol. The van der Waals surface area contributed by atoms with E-state index in [2.05, 4.69) is 10.3 Å². The van der Waals surface area contributed by atoms with Crippen molar-refractivity contribution in [3.63, 3.8) is 0 Å². The zero-order valence-electron chi connectivity index (χ0n) is 16.8. The van der Waals surface area contributed by atoms with Crippen molar-refractivity contribution >= 4 is 27.3 Å². The molecule has 0 saturated carbocycles. The standard InChI is InChI=1S/C21H20FN3O5S/c1-29-15-8-9-20(30-2)19(12-15)25(31(27,28)16-6-4-3-5-7-16)14-21(26)24-18-10-11-23-13-17(18)22/h3-13H,14H2,1-2H3,(H,23,24,26). The number of carbonyl (C=O) groups is 1. The SMILES string of the molecule is COc1ccc(OC)c(N(CC(=O)Nc2ccncc2F)S(=O)(=O)c2ccccc2)c1. The number of benzene rings is 2. The van der Waals surface area contributed by atoms with Crippen molar-refractivity contribution in [3.8, 4) is 11.5 Å². The molecule has 1 amide bonds. The van der Waals surface area contributed by atoms with Gasteiger partial charge in [0.1, 0.15) is 18.0 Å². The lowest BCUT2D eigenvalue weighted by Gasteiger charge is -2.26. The number of rotatable bonds is 8. The minimum Gasteiger partial charge on any atom is -0.497 e. The Bertz CT molecular complexity index is 1170. The number of carbonyl (C=O) groups excluding carboxylic acids is 1. The summed E-state index contributed by atoms with van der Waals surface area (Å²) in [6, 6.07) is 13.5. The molecule has 2 aromatic carbocycles. The van der Waals surface area contributed by atoms with Crippen molar-refractivity contribution < 1.29 is 27.1 Å². The summed E-state index contributed by atoms with van der Waals surface area (Å²) in [4.78, 5) is 16.3. The first-order valence-corrected chi connectivity index (χ1v) is 10.5. The first-order valence-electron chi connectivity index (χ1n) is 9.06. The number of hydrogen-bond donors (Lipinski definition) is 1. The van der Waals surface area contributed by atoms with Crippen LogP contribution in [-0.2, 0) is 14.8 Å². The van der Waals surface area contributed by atoms with Crippen LogP contribution in [0.2, 0.25) is 0 Å². The summed E-state index contributed by atoms with van der Waals surface area (Å²) >= 11 is 0. The molecule has 162 valence electrons. The molecule has 31 heavy (non-hydrogen) atoms.